The molecule has 20 heavy (non-hydrogen) atoms. The third-order valence-corrected chi connectivity index (χ3v) is 5.48. The predicted octanol–water partition coefficient (Wildman–Crippen LogP) is 1.64. The highest BCUT2D eigenvalue weighted by Crippen LogP contribution is 2.27. The number of sulfone groups is 1. The van der Waals surface area contributed by atoms with Gasteiger partial charge in [-0.05, 0) is 30.9 Å². The number of halogens is 1. The number of aliphatic hydroxyl groups excluding tert-OH is 1. The Morgan fingerprint density at radius 2 is 2.05 bits per heavy atom. The maximum absolute atomic E-state index is 13.0. The summed E-state index contributed by atoms with van der Waals surface area (Å²) in [6, 6.07) is 5.84. The van der Waals surface area contributed by atoms with Gasteiger partial charge < -0.3 is 9.84 Å². The quantitative estimate of drug-likeness (QED) is 0.898. The number of hydrogen-bond acceptors (Lipinski definition) is 4. The van der Waals surface area contributed by atoms with Crippen molar-refractivity contribution in [3.05, 3.63) is 30.1 Å². The molecule has 1 unspecified atom stereocenters. The fourth-order valence-corrected chi connectivity index (χ4v) is 4.01. The van der Waals surface area contributed by atoms with Crippen LogP contribution in [0.25, 0.3) is 0 Å². The van der Waals surface area contributed by atoms with Crippen LogP contribution in [0.5, 0.6) is 5.75 Å². The van der Waals surface area contributed by atoms with Crippen LogP contribution in [0.2, 0.25) is 0 Å². The Bertz CT molecular complexity index is 530. The minimum Gasteiger partial charge on any atom is -0.493 e. The Labute approximate surface area is 118 Å². The molecule has 2 rings (SSSR count). The van der Waals surface area contributed by atoms with Gasteiger partial charge in [0.15, 0.2) is 0 Å². The Hall–Kier alpha value is -1.14. The Morgan fingerprint density at radius 1 is 1.35 bits per heavy atom. The van der Waals surface area contributed by atoms with Crippen LogP contribution in [0.15, 0.2) is 24.3 Å². The number of ether oxygens (including phenoxy) is 1. The second-order valence-corrected chi connectivity index (χ2v) is 7.50. The molecule has 0 radical (unpaired) electrons. The van der Waals surface area contributed by atoms with Crippen LogP contribution < -0.4 is 4.74 Å². The molecule has 1 fully saturated rings. The van der Waals surface area contributed by atoms with Gasteiger partial charge in [0.25, 0.3) is 0 Å². The van der Waals surface area contributed by atoms with Gasteiger partial charge in [-0.15, -0.1) is 0 Å². The fourth-order valence-electron chi connectivity index (χ4n) is 2.48. The fraction of sp³-hybridized carbons (Fsp3) is 0.571. The Kier molecular flexibility index (Phi) is 4.99. The minimum atomic E-state index is -2.90. The highest BCUT2D eigenvalue weighted by molar-refractivity contribution is 7.91. The van der Waals surface area contributed by atoms with Gasteiger partial charge in [0.1, 0.15) is 21.4 Å². The van der Waals surface area contributed by atoms with Crippen molar-refractivity contribution in [2.75, 3.05) is 24.7 Å². The Balaban J connectivity index is 1.90. The molecule has 1 saturated heterocycles. The van der Waals surface area contributed by atoms with Crippen molar-refractivity contribution in [2.24, 2.45) is 11.8 Å². The molecular formula is C14H19FO4S. The molecule has 1 atom stereocenters. The maximum atomic E-state index is 13.0. The summed E-state index contributed by atoms with van der Waals surface area (Å²) >= 11 is 0. The van der Waals surface area contributed by atoms with Gasteiger partial charge in [-0.25, -0.2) is 12.8 Å². The smallest absolute Gasteiger partial charge is 0.150 e. The van der Waals surface area contributed by atoms with Crippen LogP contribution in [0, 0.1) is 17.7 Å². The summed E-state index contributed by atoms with van der Waals surface area (Å²) in [5.41, 5.74) is 0. The van der Waals surface area contributed by atoms with E-state index in [9.17, 15) is 17.9 Å². The topological polar surface area (TPSA) is 63.6 Å². The molecular weight excluding hydrogens is 283 g/mol. The van der Waals surface area contributed by atoms with Gasteiger partial charge in [0.05, 0.1) is 18.1 Å². The lowest BCUT2D eigenvalue weighted by atomic mass is 9.88. The zero-order chi connectivity index (χ0) is 14.6. The molecule has 0 aromatic heterocycles. The van der Waals surface area contributed by atoms with Crippen LogP contribution in [0.1, 0.15) is 12.8 Å². The normalized spacial score (nSPS) is 20.5. The highest BCUT2D eigenvalue weighted by atomic mass is 32.2. The Morgan fingerprint density at radius 3 is 2.65 bits per heavy atom. The van der Waals surface area contributed by atoms with E-state index in [1.807, 2.05) is 0 Å². The lowest BCUT2D eigenvalue weighted by Gasteiger charge is -2.28. The first kappa shape index (κ1) is 15.3. The van der Waals surface area contributed by atoms with Crippen LogP contribution in [0.4, 0.5) is 4.39 Å². The van der Waals surface area contributed by atoms with E-state index in [0.717, 1.165) is 0 Å². The van der Waals surface area contributed by atoms with Crippen molar-refractivity contribution in [2.45, 2.75) is 12.8 Å². The molecule has 0 saturated carbocycles. The maximum Gasteiger partial charge on any atom is 0.150 e. The number of rotatable bonds is 5. The first-order valence-electron chi connectivity index (χ1n) is 6.70. The number of hydrogen-bond donors (Lipinski definition) is 1. The molecule has 1 aromatic carbocycles. The van der Waals surface area contributed by atoms with E-state index in [0.29, 0.717) is 18.6 Å². The second-order valence-electron chi connectivity index (χ2n) is 5.20. The zero-order valence-corrected chi connectivity index (χ0v) is 12.0. The largest absolute Gasteiger partial charge is 0.493 e. The van der Waals surface area contributed by atoms with E-state index in [2.05, 4.69) is 0 Å². The van der Waals surface area contributed by atoms with Gasteiger partial charge in [0, 0.05) is 18.6 Å². The molecule has 1 N–H and O–H groups in total. The van der Waals surface area contributed by atoms with Crippen LogP contribution >= 0.6 is 0 Å². The molecule has 1 heterocycles. The van der Waals surface area contributed by atoms with Crippen molar-refractivity contribution in [1.29, 1.82) is 0 Å². The summed E-state index contributed by atoms with van der Waals surface area (Å²) in [6.45, 7) is 0.213. The van der Waals surface area contributed by atoms with Crippen molar-refractivity contribution >= 4 is 9.84 Å². The second kappa shape index (κ2) is 6.54. The lowest BCUT2D eigenvalue weighted by molar-refractivity contribution is 0.112. The van der Waals surface area contributed by atoms with Crippen LogP contribution in [-0.2, 0) is 9.84 Å². The summed E-state index contributed by atoms with van der Waals surface area (Å²) in [5, 5.41) is 9.44. The molecule has 0 spiro atoms. The van der Waals surface area contributed by atoms with Crippen molar-refractivity contribution in [1.82, 2.24) is 0 Å². The van der Waals surface area contributed by atoms with Crippen molar-refractivity contribution in [3.63, 3.8) is 0 Å². The van der Waals surface area contributed by atoms with Gasteiger partial charge in [0.2, 0.25) is 0 Å². The van der Waals surface area contributed by atoms with Crippen LogP contribution in [0.3, 0.4) is 0 Å². The van der Waals surface area contributed by atoms with Gasteiger partial charge in [-0.1, -0.05) is 6.07 Å². The van der Waals surface area contributed by atoms with Crippen molar-refractivity contribution < 1.29 is 22.7 Å². The van der Waals surface area contributed by atoms with E-state index in [-0.39, 0.29) is 42.4 Å². The summed E-state index contributed by atoms with van der Waals surface area (Å²) in [6.07, 6.45) is 1.11. The zero-order valence-electron chi connectivity index (χ0n) is 11.2. The van der Waals surface area contributed by atoms with Gasteiger partial charge in [-0.2, -0.15) is 0 Å². The molecule has 1 aliphatic rings. The average molecular weight is 302 g/mol. The summed E-state index contributed by atoms with van der Waals surface area (Å²) < 4.78 is 41.3. The minimum absolute atomic E-state index is 0.0555. The number of aliphatic hydroxyl groups is 1. The summed E-state index contributed by atoms with van der Waals surface area (Å²) in [4.78, 5) is 0. The lowest BCUT2D eigenvalue weighted by Crippen LogP contribution is -2.32. The molecule has 0 amide bonds. The molecule has 0 bridgehead atoms. The summed E-state index contributed by atoms with van der Waals surface area (Å²) in [7, 11) is -2.90. The molecule has 4 nitrogen and oxygen atoms in total. The number of benzene rings is 1. The van der Waals surface area contributed by atoms with E-state index >= 15 is 0 Å². The first-order valence-corrected chi connectivity index (χ1v) is 8.52. The van der Waals surface area contributed by atoms with E-state index < -0.39 is 9.84 Å². The van der Waals surface area contributed by atoms with E-state index in [1.54, 1.807) is 12.1 Å². The molecule has 112 valence electrons. The van der Waals surface area contributed by atoms with E-state index in [1.165, 1.54) is 12.1 Å². The third-order valence-electron chi connectivity index (χ3n) is 3.76. The average Bonchev–Trinajstić information content (AvgIpc) is 2.41. The molecule has 6 heteroatoms. The van der Waals surface area contributed by atoms with Gasteiger partial charge in [-0.3, -0.25) is 0 Å². The molecule has 0 aliphatic carbocycles. The predicted molar refractivity (Wildman–Crippen MR) is 73.8 cm³/mol. The van der Waals surface area contributed by atoms with E-state index in [4.69, 9.17) is 4.74 Å². The SMILES string of the molecule is O=S1(=O)CCC(C(CO)COc2cccc(F)c2)CC1. The third kappa shape index (κ3) is 4.18. The van der Waals surface area contributed by atoms with Crippen LogP contribution in [-0.4, -0.2) is 38.2 Å². The molecule has 1 aliphatic heterocycles. The molecule has 1 aromatic rings. The monoisotopic (exact) mass is 302 g/mol. The van der Waals surface area contributed by atoms with Crippen molar-refractivity contribution in [3.8, 4) is 5.75 Å². The first-order chi connectivity index (χ1) is 9.50. The van der Waals surface area contributed by atoms with Gasteiger partial charge >= 0.3 is 0 Å². The summed E-state index contributed by atoms with van der Waals surface area (Å²) in [5.74, 6) is 0.423. The standard InChI is InChI=1S/C14H19FO4S/c15-13-2-1-3-14(8-13)19-10-12(9-16)11-4-6-20(17,18)7-5-11/h1-3,8,11-12,16H,4-7,9-10H2. The highest BCUT2D eigenvalue weighted by Gasteiger charge is 2.29.